The SMILES string of the molecule is CNc1ccc(NC(=O)CC2CCc3cc(Cl)cc4[nH]c(C(=O)O)c2c34)cc1. The minimum absolute atomic E-state index is 0.134. The maximum Gasteiger partial charge on any atom is 0.352 e. The van der Waals surface area contributed by atoms with Gasteiger partial charge >= 0.3 is 5.97 Å². The number of aromatic carboxylic acids is 1. The number of hydrogen-bond acceptors (Lipinski definition) is 3. The molecule has 0 radical (unpaired) electrons. The Hall–Kier alpha value is -2.99. The number of benzene rings is 2. The molecule has 1 aromatic heterocycles. The van der Waals surface area contributed by atoms with Gasteiger partial charge in [0.15, 0.2) is 0 Å². The smallest absolute Gasteiger partial charge is 0.352 e. The molecule has 0 fully saturated rings. The van der Waals surface area contributed by atoms with Crippen LogP contribution in [0.1, 0.15) is 40.4 Å². The van der Waals surface area contributed by atoms with E-state index in [2.05, 4.69) is 15.6 Å². The lowest BCUT2D eigenvalue weighted by Crippen LogP contribution is -2.19. The van der Waals surface area contributed by atoms with Gasteiger partial charge < -0.3 is 20.7 Å². The number of aromatic nitrogens is 1. The highest BCUT2D eigenvalue weighted by molar-refractivity contribution is 6.31. The average molecular weight is 398 g/mol. The number of aromatic amines is 1. The summed E-state index contributed by atoms with van der Waals surface area (Å²) in [6.07, 6.45) is 1.69. The zero-order chi connectivity index (χ0) is 19.8. The van der Waals surface area contributed by atoms with Crippen molar-refractivity contribution in [3.05, 3.63) is 58.2 Å². The quantitative estimate of drug-likeness (QED) is 0.505. The highest BCUT2D eigenvalue weighted by Gasteiger charge is 2.31. The van der Waals surface area contributed by atoms with E-state index in [9.17, 15) is 14.7 Å². The van der Waals surface area contributed by atoms with Gasteiger partial charge in [-0.1, -0.05) is 11.6 Å². The fourth-order valence-electron chi connectivity index (χ4n) is 4.02. The first-order chi connectivity index (χ1) is 13.5. The average Bonchev–Trinajstić information content (AvgIpc) is 3.05. The zero-order valence-corrected chi connectivity index (χ0v) is 16.1. The molecular weight excluding hydrogens is 378 g/mol. The van der Waals surface area contributed by atoms with Crippen LogP contribution in [0.4, 0.5) is 11.4 Å². The molecule has 0 aliphatic heterocycles. The van der Waals surface area contributed by atoms with Crippen molar-refractivity contribution in [3.63, 3.8) is 0 Å². The molecule has 4 rings (SSSR count). The van der Waals surface area contributed by atoms with Crippen LogP contribution in [-0.2, 0) is 11.2 Å². The molecule has 1 aliphatic carbocycles. The minimum atomic E-state index is -1.02. The van der Waals surface area contributed by atoms with E-state index in [1.807, 2.05) is 37.4 Å². The summed E-state index contributed by atoms with van der Waals surface area (Å²) in [4.78, 5) is 27.4. The lowest BCUT2D eigenvalue weighted by atomic mass is 9.81. The number of aryl methyl sites for hydroxylation is 1. The van der Waals surface area contributed by atoms with Crippen LogP contribution in [-0.4, -0.2) is 29.0 Å². The topological polar surface area (TPSA) is 94.2 Å². The molecule has 0 saturated carbocycles. The number of nitrogens with one attached hydrogen (secondary N) is 3. The molecule has 1 heterocycles. The Balaban J connectivity index is 1.62. The van der Waals surface area contributed by atoms with Gasteiger partial charge in [0.05, 0.1) is 0 Å². The van der Waals surface area contributed by atoms with Crippen molar-refractivity contribution in [2.45, 2.75) is 25.2 Å². The predicted molar refractivity (Wildman–Crippen MR) is 111 cm³/mol. The number of rotatable bonds is 5. The first-order valence-electron chi connectivity index (χ1n) is 9.11. The number of carbonyl (C=O) groups is 2. The molecule has 1 aliphatic rings. The van der Waals surface area contributed by atoms with Crippen LogP contribution in [0, 0.1) is 0 Å². The van der Waals surface area contributed by atoms with Gasteiger partial charge in [0.2, 0.25) is 5.91 Å². The van der Waals surface area contributed by atoms with Crippen LogP contribution >= 0.6 is 11.6 Å². The van der Waals surface area contributed by atoms with Crippen molar-refractivity contribution < 1.29 is 14.7 Å². The third-order valence-corrected chi connectivity index (χ3v) is 5.47. The standard InChI is InChI=1S/C21H20ClN3O3/c1-23-14-4-6-15(7-5-14)24-17(26)9-12-3-2-11-8-13(22)10-16-18(11)19(12)20(25-16)21(27)28/h4-8,10,12,23,25H,2-3,9H2,1H3,(H,24,26)(H,27,28). The van der Waals surface area contributed by atoms with Crippen molar-refractivity contribution in [3.8, 4) is 0 Å². The van der Waals surface area contributed by atoms with Crippen LogP contribution in [0.15, 0.2) is 36.4 Å². The van der Waals surface area contributed by atoms with E-state index in [1.54, 1.807) is 6.07 Å². The van der Waals surface area contributed by atoms with Gasteiger partial charge in [0.1, 0.15) is 5.69 Å². The summed E-state index contributed by atoms with van der Waals surface area (Å²) in [6.45, 7) is 0. The highest BCUT2D eigenvalue weighted by atomic mass is 35.5. The lowest BCUT2D eigenvalue weighted by Gasteiger charge is -2.23. The molecule has 2 aromatic carbocycles. The van der Waals surface area contributed by atoms with Gasteiger partial charge in [0, 0.05) is 40.8 Å². The van der Waals surface area contributed by atoms with Crippen molar-refractivity contribution in [1.29, 1.82) is 0 Å². The van der Waals surface area contributed by atoms with E-state index in [1.165, 1.54) is 0 Å². The van der Waals surface area contributed by atoms with Crippen molar-refractivity contribution in [2.24, 2.45) is 0 Å². The van der Waals surface area contributed by atoms with E-state index in [4.69, 9.17) is 11.6 Å². The Labute approximate surface area is 166 Å². The number of anilines is 2. The normalized spacial score (nSPS) is 15.4. The van der Waals surface area contributed by atoms with Crippen LogP contribution in [0.25, 0.3) is 10.9 Å². The van der Waals surface area contributed by atoms with Crippen LogP contribution in [0.5, 0.6) is 0 Å². The van der Waals surface area contributed by atoms with Crippen molar-refractivity contribution in [2.75, 3.05) is 17.7 Å². The summed E-state index contributed by atoms with van der Waals surface area (Å²) in [5.41, 5.74) is 4.27. The molecule has 1 atom stereocenters. The zero-order valence-electron chi connectivity index (χ0n) is 15.3. The van der Waals surface area contributed by atoms with Gasteiger partial charge in [0.25, 0.3) is 0 Å². The number of amides is 1. The second-order valence-electron chi connectivity index (χ2n) is 7.02. The molecule has 0 saturated heterocycles. The minimum Gasteiger partial charge on any atom is -0.477 e. The van der Waals surface area contributed by atoms with Gasteiger partial charge in [-0.25, -0.2) is 4.79 Å². The predicted octanol–water partition coefficient (Wildman–Crippen LogP) is 4.62. The molecule has 0 bridgehead atoms. The van der Waals surface area contributed by atoms with E-state index in [0.717, 1.165) is 23.1 Å². The number of H-pyrrole nitrogens is 1. The van der Waals surface area contributed by atoms with Crippen molar-refractivity contribution >= 4 is 45.8 Å². The lowest BCUT2D eigenvalue weighted by molar-refractivity contribution is -0.116. The summed E-state index contributed by atoms with van der Waals surface area (Å²) in [5, 5.41) is 17.0. The number of carbonyl (C=O) groups excluding carboxylic acids is 1. The third-order valence-electron chi connectivity index (χ3n) is 5.26. The maximum atomic E-state index is 12.6. The van der Waals surface area contributed by atoms with Gasteiger partial charge in [-0.2, -0.15) is 0 Å². The summed E-state index contributed by atoms with van der Waals surface area (Å²) >= 11 is 6.16. The van der Waals surface area contributed by atoms with Gasteiger partial charge in [-0.3, -0.25) is 4.79 Å². The Morgan fingerprint density at radius 1 is 1.21 bits per heavy atom. The first-order valence-corrected chi connectivity index (χ1v) is 9.49. The summed E-state index contributed by atoms with van der Waals surface area (Å²) < 4.78 is 0. The molecule has 7 heteroatoms. The molecule has 4 N–H and O–H groups in total. The van der Waals surface area contributed by atoms with E-state index in [0.29, 0.717) is 28.2 Å². The second kappa shape index (κ2) is 7.20. The monoisotopic (exact) mass is 397 g/mol. The van der Waals surface area contributed by atoms with Gasteiger partial charge in [-0.15, -0.1) is 0 Å². The van der Waals surface area contributed by atoms with E-state index < -0.39 is 5.97 Å². The Morgan fingerprint density at radius 2 is 1.93 bits per heavy atom. The van der Waals surface area contributed by atoms with E-state index >= 15 is 0 Å². The third kappa shape index (κ3) is 3.31. The molecule has 144 valence electrons. The number of hydrogen-bond donors (Lipinski definition) is 4. The largest absolute Gasteiger partial charge is 0.477 e. The Morgan fingerprint density at radius 3 is 2.61 bits per heavy atom. The number of halogens is 1. The molecular formula is C21H20ClN3O3. The Bertz CT molecular complexity index is 1070. The maximum absolute atomic E-state index is 12.6. The number of carboxylic acid groups (broad SMARTS) is 1. The molecule has 0 spiro atoms. The summed E-state index contributed by atoms with van der Waals surface area (Å²) in [5.74, 6) is -1.32. The molecule has 1 amide bonds. The summed E-state index contributed by atoms with van der Waals surface area (Å²) in [6, 6.07) is 11.1. The fourth-order valence-corrected chi connectivity index (χ4v) is 4.26. The van der Waals surface area contributed by atoms with E-state index in [-0.39, 0.29) is 23.9 Å². The number of carboxylic acids is 1. The second-order valence-corrected chi connectivity index (χ2v) is 7.46. The first kappa shape index (κ1) is 18.4. The van der Waals surface area contributed by atoms with Gasteiger partial charge in [-0.05, 0) is 66.3 Å². The molecule has 1 unspecified atom stereocenters. The fraction of sp³-hybridized carbons (Fsp3) is 0.238. The van der Waals surface area contributed by atoms with Crippen LogP contribution in [0.2, 0.25) is 5.02 Å². The molecule has 28 heavy (non-hydrogen) atoms. The van der Waals surface area contributed by atoms with Crippen LogP contribution < -0.4 is 10.6 Å². The molecule has 3 aromatic rings. The van der Waals surface area contributed by atoms with Crippen LogP contribution in [0.3, 0.4) is 0 Å². The van der Waals surface area contributed by atoms with Crippen molar-refractivity contribution in [1.82, 2.24) is 4.98 Å². The summed E-state index contributed by atoms with van der Waals surface area (Å²) in [7, 11) is 1.83. The molecule has 6 nitrogen and oxygen atoms in total. The highest BCUT2D eigenvalue weighted by Crippen LogP contribution is 2.42. The Kier molecular flexibility index (Phi) is 4.73.